The van der Waals surface area contributed by atoms with Crippen LogP contribution in [0.15, 0.2) is 24.5 Å². The molecule has 0 aliphatic heterocycles. The van der Waals surface area contributed by atoms with Gasteiger partial charge in [-0.15, -0.1) is 0 Å². The number of carbonyl (C=O) groups is 1. The Morgan fingerprint density at radius 2 is 2.28 bits per heavy atom. The number of hydrogen-bond donors (Lipinski definition) is 1. The summed E-state index contributed by atoms with van der Waals surface area (Å²) in [5.74, 6) is -0.514. The van der Waals surface area contributed by atoms with Gasteiger partial charge in [0.2, 0.25) is 0 Å². The molecule has 0 atom stereocenters. The van der Waals surface area contributed by atoms with Gasteiger partial charge < -0.3 is 5.32 Å². The van der Waals surface area contributed by atoms with Crippen LogP contribution in [0.5, 0.6) is 0 Å². The first kappa shape index (κ1) is 12.2. The van der Waals surface area contributed by atoms with Crippen molar-refractivity contribution >= 4 is 5.91 Å². The molecule has 94 valence electrons. The van der Waals surface area contributed by atoms with Crippen molar-refractivity contribution in [3.8, 4) is 0 Å². The lowest BCUT2D eigenvalue weighted by atomic mass is 10.1. The highest BCUT2D eigenvalue weighted by atomic mass is 19.1. The molecule has 6 heteroatoms. The first-order valence-corrected chi connectivity index (χ1v) is 5.45. The average molecular weight is 248 g/mol. The molecular formula is C12H13FN4O. The molecule has 1 aromatic carbocycles. The second-order valence-electron chi connectivity index (χ2n) is 4.00. The molecule has 1 aromatic heterocycles. The fourth-order valence-electron chi connectivity index (χ4n) is 1.52. The summed E-state index contributed by atoms with van der Waals surface area (Å²) in [6, 6.07) is 4.48. The summed E-state index contributed by atoms with van der Waals surface area (Å²) >= 11 is 0. The lowest BCUT2D eigenvalue weighted by Crippen LogP contribution is -2.24. The molecule has 1 N–H and O–H groups in total. The fourth-order valence-corrected chi connectivity index (χ4v) is 1.52. The fraction of sp³-hybridized carbons (Fsp3) is 0.250. The molecule has 0 radical (unpaired) electrons. The third-order valence-electron chi connectivity index (χ3n) is 2.42. The van der Waals surface area contributed by atoms with Crippen molar-refractivity contribution in [1.29, 1.82) is 0 Å². The van der Waals surface area contributed by atoms with Gasteiger partial charge in [-0.05, 0) is 24.6 Å². The third-order valence-corrected chi connectivity index (χ3v) is 2.42. The van der Waals surface area contributed by atoms with E-state index in [2.05, 4.69) is 15.4 Å². The van der Waals surface area contributed by atoms with Crippen LogP contribution in [-0.4, -0.2) is 20.7 Å². The number of nitrogens with one attached hydrogen (secondary N) is 1. The van der Waals surface area contributed by atoms with Gasteiger partial charge in [0.05, 0.1) is 12.1 Å². The minimum Gasteiger partial charge on any atom is -0.345 e. The summed E-state index contributed by atoms with van der Waals surface area (Å²) in [5.41, 5.74) is 0.798. The van der Waals surface area contributed by atoms with Crippen molar-refractivity contribution in [2.75, 3.05) is 0 Å². The monoisotopic (exact) mass is 248 g/mol. The van der Waals surface area contributed by atoms with Crippen LogP contribution >= 0.6 is 0 Å². The number of carbonyl (C=O) groups excluding carboxylic acids is 1. The molecule has 0 unspecified atom stereocenters. The normalized spacial score (nSPS) is 10.4. The highest BCUT2D eigenvalue weighted by molar-refractivity contribution is 5.94. The Morgan fingerprint density at radius 3 is 2.89 bits per heavy atom. The second-order valence-corrected chi connectivity index (χ2v) is 4.00. The summed E-state index contributed by atoms with van der Waals surface area (Å²) in [5, 5.41) is 6.58. The lowest BCUT2D eigenvalue weighted by Gasteiger charge is -2.04. The van der Waals surface area contributed by atoms with Crippen molar-refractivity contribution in [2.45, 2.75) is 13.5 Å². The Hall–Kier alpha value is -2.24. The Bertz CT molecular complexity index is 579. The molecule has 0 saturated heterocycles. The number of aromatic nitrogens is 3. The summed E-state index contributed by atoms with van der Waals surface area (Å²) in [6.07, 6.45) is 1.54. The minimum atomic E-state index is -0.526. The number of amides is 1. The number of halogens is 1. The molecule has 0 aliphatic carbocycles. The predicted molar refractivity (Wildman–Crippen MR) is 63.3 cm³/mol. The van der Waals surface area contributed by atoms with E-state index in [-0.39, 0.29) is 12.1 Å². The molecule has 18 heavy (non-hydrogen) atoms. The van der Waals surface area contributed by atoms with Crippen LogP contribution in [-0.2, 0) is 13.6 Å². The van der Waals surface area contributed by atoms with E-state index in [4.69, 9.17) is 0 Å². The highest BCUT2D eigenvalue weighted by Crippen LogP contribution is 2.09. The summed E-state index contributed by atoms with van der Waals surface area (Å²) < 4.78 is 15.1. The van der Waals surface area contributed by atoms with Crippen LogP contribution in [0.1, 0.15) is 21.7 Å². The van der Waals surface area contributed by atoms with E-state index >= 15 is 0 Å². The van der Waals surface area contributed by atoms with Gasteiger partial charge in [0.25, 0.3) is 5.91 Å². The van der Waals surface area contributed by atoms with Crippen LogP contribution in [0.3, 0.4) is 0 Å². The molecule has 2 aromatic rings. The van der Waals surface area contributed by atoms with Gasteiger partial charge in [0, 0.05) is 7.05 Å². The zero-order valence-corrected chi connectivity index (χ0v) is 10.1. The summed E-state index contributed by atoms with van der Waals surface area (Å²) in [4.78, 5) is 15.7. The van der Waals surface area contributed by atoms with E-state index in [0.717, 1.165) is 5.56 Å². The van der Waals surface area contributed by atoms with Crippen LogP contribution in [0, 0.1) is 12.7 Å². The van der Waals surface area contributed by atoms with Crippen LogP contribution in [0.2, 0.25) is 0 Å². The zero-order valence-electron chi connectivity index (χ0n) is 10.1. The summed E-state index contributed by atoms with van der Waals surface area (Å²) in [6.45, 7) is 1.94. The van der Waals surface area contributed by atoms with Crippen molar-refractivity contribution in [1.82, 2.24) is 20.1 Å². The van der Waals surface area contributed by atoms with E-state index in [1.807, 2.05) is 0 Å². The minimum absolute atomic E-state index is 0.0246. The van der Waals surface area contributed by atoms with E-state index in [1.165, 1.54) is 23.1 Å². The third kappa shape index (κ3) is 2.71. The van der Waals surface area contributed by atoms with Crippen molar-refractivity contribution < 1.29 is 9.18 Å². The maximum atomic E-state index is 13.5. The molecule has 0 bridgehead atoms. The molecule has 1 amide bonds. The Morgan fingerprint density at radius 1 is 1.50 bits per heavy atom. The second kappa shape index (κ2) is 4.95. The van der Waals surface area contributed by atoms with E-state index in [1.54, 1.807) is 20.0 Å². The van der Waals surface area contributed by atoms with E-state index < -0.39 is 11.7 Å². The number of benzene rings is 1. The van der Waals surface area contributed by atoms with E-state index in [0.29, 0.717) is 5.82 Å². The van der Waals surface area contributed by atoms with Crippen LogP contribution < -0.4 is 5.32 Å². The Labute approximate surface area is 104 Å². The maximum Gasteiger partial charge on any atom is 0.254 e. The van der Waals surface area contributed by atoms with Gasteiger partial charge in [-0.2, -0.15) is 5.10 Å². The van der Waals surface area contributed by atoms with Crippen LogP contribution in [0.25, 0.3) is 0 Å². The number of hydrogen-bond acceptors (Lipinski definition) is 3. The van der Waals surface area contributed by atoms with Gasteiger partial charge in [0.15, 0.2) is 5.82 Å². The Kier molecular flexibility index (Phi) is 3.36. The van der Waals surface area contributed by atoms with Crippen molar-refractivity contribution in [3.63, 3.8) is 0 Å². The van der Waals surface area contributed by atoms with Crippen LogP contribution in [0.4, 0.5) is 4.39 Å². The number of rotatable bonds is 3. The van der Waals surface area contributed by atoms with E-state index in [9.17, 15) is 9.18 Å². The smallest absolute Gasteiger partial charge is 0.254 e. The van der Waals surface area contributed by atoms with Gasteiger partial charge in [-0.3, -0.25) is 9.48 Å². The Balaban J connectivity index is 2.03. The summed E-state index contributed by atoms with van der Waals surface area (Å²) in [7, 11) is 1.73. The predicted octanol–water partition coefficient (Wildman–Crippen LogP) is 1.19. The van der Waals surface area contributed by atoms with Gasteiger partial charge in [-0.1, -0.05) is 6.07 Å². The molecule has 0 saturated carbocycles. The molecule has 5 nitrogen and oxygen atoms in total. The molecule has 2 rings (SSSR count). The topological polar surface area (TPSA) is 59.8 Å². The lowest BCUT2D eigenvalue weighted by molar-refractivity contribution is 0.0946. The largest absolute Gasteiger partial charge is 0.345 e. The van der Waals surface area contributed by atoms with Gasteiger partial charge >= 0.3 is 0 Å². The molecule has 0 spiro atoms. The molecule has 0 fully saturated rings. The average Bonchev–Trinajstić information content (AvgIpc) is 2.72. The number of aryl methyl sites for hydroxylation is 2. The molecule has 0 aliphatic rings. The molecular weight excluding hydrogens is 235 g/mol. The zero-order chi connectivity index (χ0) is 13.1. The first-order chi connectivity index (χ1) is 8.56. The maximum absolute atomic E-state index is 13.5. The quantitative estimate of drug-likeness (QED) is 0.887. The molecule has 1 heterocycles. The van der Waals surface area contributed by atoms with Gasteiger partial charge in [-0.25, -0.2) is 9.37 Å². The SMILES string of the molecule is Cc1ccc(C(=O)NCc2ncn(C)n2)c(F)c1. The van der Waals surface area contributed by atoms with Crippen molar-refractivity contribution in [2.24, 2.45) is 7.05 Å². The first-order valence-electron chi connectivity index (χ1n) is 5.45. The standard InChI is InChI=1S/C12H13FN4O/c1-8-3-4-9(10(13)5-8)12(18)14-6-11-15-7-17(2)16-11/h3-5,7H,6H2,1-2H3,(H,14,18). The van der Waals surface area contributed by atoms with Gasteiger partial charge in [0.1, 0.15) is 12.1 Å². The van der Waals surface area contributed by atoms with Crippen molar-refractivity contribution in [3.05, 3.63) is 47.3 Å². The highest BCUT2D eigenvalue weighted by Gasteiger charge is 2.11. The number of nitrogens with zero attached hydrogens (tertiary/aromatic N) is 3.